The second kappa shape index (κ2) is 7.22. The van der Waals surface area contributed by atoms with Crippen LogP contribution < -0.4 is 10.6 Å². The molecule has 0 atom stereocenters. The van der Waals surface area contributed by atoms with Crippen molar-refractivity contribution >= 4 is 62.3 Å². The SMILES string of the molecule is S=C(NCc1ccc(Cl)cc1Cl)Nc1ccc(Br)cn1. The van der Waals surface area contributed by atoms with E-state index >= 15 is 0 Å². The van der Waals surface area contributed by atoms with Gasteiger partial charge in [-0.1, -0.05) is 29.3 Å². The summed E-state index contributed by atoms with van der Waals surface area (Å²) in [6, 6.07) is 9.06. The molecule has 1 aromatic heterocycles. The topological polar surface area (TPSA) is 37.0 Å². The Bertz CT molecular complexity index is 620. The van der Waals surface area contributed by atoms with Crippen LogP contribution in [0.3, 0.4) is 0 Å². The zero-order valence-corrected chi connectivity index (χ0v) is 14.1. The smallest absolute Gasteiger partial charge is 0.172 e. The van der Waals surface area contributed by atoms with E-state index in [-0.39, 0.29) is 0 Å². The molecular formula is C13H10BrCl2N3S. The summed E-state index contributed by atoms with van der Waals surface area (Å²) < 4.78 is 0.912. The molecule has 0 aliphatic rings. The Balaban J connectivity index is 1.90. The van der Waals surface area contributed by atoms with E-state index in [2.05, 4.69) is 31.5 Å². The van der Waals surface area contributed by atoms with Gasteiger partial charge in [0.2, 0.25) is 0 Å². The molecule has 2 N–H and O–H groups in total. The van der Waals surface area contributed by atoms with E-state index in [9.17, 15) is 0 Å². The van der Waals surface area contributed by atoms with Crippen LogP contribution in [-0.4, -0.2) is 10.1 Å². The van der Waals surface area contributed by atoms with E-state index in [1.165, 1.54) is 0 Å². The first-order chi connectivity index (χ1) is 9.54. The molecule has 0 aliphatic heterocycles. The maximum absolute atomic E-state index is 6.08. The molecule has 0 saturated heterocycles. The molecule has 2 aromatic rings. The molecule has 0 saturated carbocycles. The number of nitrogens with one attached hydrogen (secondary N) is 2. The van der Waals surface area contributed by atoms with Crippen molar-refractivity contribution < 1.29 is 0 Å². The fraction of sp³-hybridized carbons (Fsp3) is 0.0769. The van der Waals surface area contributed by atoms with Crippen LogP contribution in [0.2, 0.25) is 10.0 Å². The number of hydrogen-bond acceptors (Lipinski definition) is 2. The van der Waals surface area contributed by atoms with Crippen LogP contribution in [0.15, 0.2) is 41.0 Å². The summed E-state index contributed by atoms with van der Waals surface area (Å²) in [7, 11) is 0. The van der Waals surface area contributed by atoms with Gasteiger partial charge in [0.15, 0.2) is 5.11 Å². The Kier molecular flexibility index (Phi) is 5.60. The van der Waals surface area contributed by atoms with E-state index < -0.39 is 0 Å². The lowest BCUT2D eigenvalue weighted by Gasteiger charge is -2.11. The summed E-state index contributed by atoms with van der Waals surface area (Å²) in [5.74, 6) is 0.674. The van der Waals surface area contributed by atoms with Crippen LogP contribution >= 0.6 is 51.3 Å². The molecular weight excluding hydrogens is 381 g/mol. The van der Waals surface area contributed by atoms with Crippen molar-refractivity contribution in [2.45, 2.75) is 6.54 Å². The summed E-state index contributed by atoms with van der Waals surface area (Å²) in [5, 5.41) is 7.75. The number of nitrogens with zero attached hydrogens (tertiary/aromatic N) is 1. The normalized spacial score (nSPS) is 10.2. The highest BCUT2D eigenvalue weighted by Gasteiger charge is 2.03. The Morgan fingerprint density at radius 2 is 2.05 bits per heavy atom. The van der Waals surface area contributed by atoms with E-state index in [4.69, 9.17) is 35.4 Å². The molecule has 1 aromatic carbocycles. The number of thiocarbonyl (C=S) groups is 1. The number of halogens is 3. The van der Waals surface area contributed by atoms with Gasteiger partial charge < -0.3 is 10.6 Å². The monoisotopic (exact) mass is 389 g/mol. The van der Waals surface area contributed by atoms with E-state index in [0.29, 0.717) is 27.5 Å². The van der Waals surface area contributed by atoms with Gasteiger partial charge in [-0.2, -0.15) is 0 Å². The van der Waals surface area contributed by atoms with Gasteiger partial charge in [-0.25, -0.2) is 4.98 Å². The minimum atomic E-state index is 0.478. The van der Waals surface area contributed by atoms with Crippen molar-refractivity contribution in [2.24, 2.45) is 0 Å². The van der Waals surface area contributed by atoms with Crippen molar-refractivity contribution in [3.63, 3.8) is 0 Å². The summed E-state index contributed by atoms with van der Waals surface area (Å²) in [5.41, 5.74) is 0.920. The largest absolute Gasteiger partial charge is 0.358 e. The summed E-state index contributed by atoms with van der Waals surface area (Å²) in [6.07, 6.45) is 1.70. The molecule has 3 nitrogen and oxygen atoms in total. The van der Waals surface area contributed by atoms with Crippen molar-refractivity contribution in [2.75, 3.05) is 5.32 Å². The predicted molar refractivity (Wildman–Crippen MR) is 91.5 cm³/mol. The molecule has 0 aliphatic carbocycles. The number of hydrogen-bond donors (Lipinski definition) is 2. The molecule has 0 spiro atoms. The lowest BCUT2D eigenvalue weighted by atomic mass is 10.2. The van der Waals surface area contributed by atoms with Crippen LogP contribution in [0, 0.1) is 0 Å². The third-order valence-electron chi connectivity index (χ3n) is 2.42. The molecule has 104 valence electrons. The molecule has 0 fully saturated rings. The van der Waals surface area contributed by atoms with Gasteiger partial charge in [0.05, 0.1) is 0 Å². The Morgan fingerprint density at radius 1 is 1.25 bits per heavy atom. The first kappa shape index (κ1) is 15.5. The number of rotatable bonds is 3. The summed E-state index contributed by atoms with van der Waals surface area (Å²) in [4.78, 5) is 4.17. The van der Waals surface area contributed by atoms with Gasteiger partial charge in [0.1, 0.15) is 5.82 Å². The molecule has 0 unspecified atom stereocenters. The third kappa shape index (κ3) is 4.59. The maximum Gasteiger partial charge on any atom is 0.172 e. The van der Waals surface area contributed by atoms with Crippen molar-refractivity contribution in [1.82, 2.24) is 10.3 Å². The van der Waals surface area contributed by atoms with Crippen LogP contribution in [0.25, 0.3) is 0 Å². The van der Waals surface area contributed by atoms with Crippen LogP contribution in [0.1, 0.15) is 5.56 Å². The molecule has 2 rings (SSSR count). The lowest BCUT2D eigenvalue weighted by molar-refractivity contribution is 0.925. The minimum absolute atomic E-state index is 0.478. The van der Waals surface area contributed by atoms with Crippen LogP contribution in [0.4, 0.5) is 5.82 Å². The molecule has 0 bridgehead atoms. The van der Waals surface area contributed by atoms with Crippen LogP contribution in [-0.2, 0) is 6.54 Å². The van der Waals surface area contributed by atoms with Gasteiger partial charge in [-0.3, -0.25) is 0 Å². The second-order valence-corrected chi connectivity index (χ2v) is 6.07. The summed E-state index contributed by atoms with van der Waals surface area (Å²) >= 11 is 20.4. The average Bonchev–Trinajstić information content (AvgIpc) is 2.40. The van der Waals surface area contributed by atoms with Gasteiger partial charge in [0.25, 0.3) is 0 Å². The van der Waals surface area contributed by atoms with Crippen LogP contribution in [0.5, 0.6) is 0 Å². The first-order valence-corrected chi connectivity index (χ1v) is 7.60. The number of benzene rings is 1. The Hall–Kier alpha value is -0.880. The highest BCUT2D eigenvalue weighted by Crippen LogP contribution is 2.20. The van der Waals surface area contributed by atoms with Crippen molar-refractivity contribution in [1.29, 1.82) is 0 Å². The lowest BCUT2D eigenvalue weighted by Crippen LogP contribution is -2.28. The quantitative estimate of drug-likeness (QED) is 0.748. The molecule has 7 heteroatoms. The zero-order chi connectivity index (χ0) is 14.5. The van der Waals surface area contributed by atoms with E-state index in [1.807, 2.05) is 18.2 Å². The summed E-state index contributed by atoms with van der Waals surface area (Å²) in [6.45, 7) is 0.512. The van der Waals surface area contributed by atoms with Gasteiger partial charge in [-0.15, -0.1) is 0 Å². The maximum atomic E-state index is 6.08. The van der Waals surface area contributed by atoms with Gasteiger partial charge in [0, 0.05) is 27.3 Å². The van der Waals surface area contributed by atoms with E-state index in [0.717, 1.165) is 10.0 Å². The average molecular weight is 391 g/mol. The number of aromatic nitrogens is 1. The van der Waals surface area contributed by atoms with Gasteiger partial charge >= 0.3 is 0 Å². The minimum Gasteiger partial charge on any atom is -0.358 e. The fourth-order valence-corrected chi connectivity index (χ4v) is 2.34. The number of pyridine rings is 1. The molecule has 0 radical (unpaired) electrons. The predicted octanol–water partition coefficient (Wildman–Crippen LogP) is 4.64. The Labute approximate surface area is 140 Å². The molecule has 1 heterocycles. The fourth-order valence-electron chi connectivity index (χ4n) is 1.45. The highest BCUT2D eigenvalue weighted by atomic mass is 79.9. The first-order valence-electron chi connectivity index (χ1n) is 5.65. The number of anilines is 1. The Morgan fingerprint density at radius 3 is 2.70 bits per heavy atom. The standard InChI is InChI=1S/C13H10BrCl2N3S/c14-9-2-4-12(17-7-9)19-13(20)18-6-8-1-3-10(15)5-11(8)16/h1-5,7H,6H2,(H2,17,18,19,20). The van der Waals surface area contributed by atoms with E-state index in [1.54, 1.807) is 18.3 Å². The van der Waals surface area contributed by atoms with Crippen molar-refractivity contribution in [3.8, 4) is 0 Å². The molecule has 0 amide bonds. The second-order valence-electron chi connectivity index (χ2n) is 3.91. The molecule has 20 heavy (non-hydrogen) atoms. The van der Waals surface area contributed by atoms with Gasteiger partial charge in [-0.05, 0) is 58.0 Å². The van der Waals surface area contributed by atoms with Crippen molar-refractivity contribution in [3.05, 3.63) is 56.6 Å². The highest BCUT2D eigenvalue weighted by molar-refractivity contribution is 9.10. The third-order valence-corrected chi connectivity index (χ3v) is 3.73. The zero-order valence-electron chi connectivity index (χ0n) is 10.2.